The van der Waals surface area contributed by atoms with E-state index in [4.69, 9.17) is 0 Å². The minimum absolute atomic E-state index is 0.128. The first kappa shape index (κ1) is 18.4. The Bertz CT molecular complexity index is 935. The third-order valence-corrected chi connectivity index (χ3v) is 3.90. The Kier molecular flexibility index (Phi) is 4.56. The highest BCUT2D eigenvalue weighted by atomic mass is 19.1. The lowest BCUT2D eigenvalue weighted by atomic mass is 9.90. The van der Waals surface area contributed by atoms with Crippen molar-refractivity contribution in [1.82, 2.24) is 5.06 Å². The number of hydrogen-bond acceptors (Lipinski definition) is 7. The predicted molar refractivity (Wildman–Crippen MR) is 81.5 cm³/mol. The van der Waals surface area contributed by atoms with Crippen molar-refractivity contribution in [2.75, 3.05) is 0 Å². The van der Waals surface area contributed by atoms with Crippen molar-refractivity contribution < 1.29 is 42.3 Å². The second kappa shape index (κ2) is 6.71. The van der Waals surface area contributed by atoms with Gasteiger partial charge in [-0.05, 0) is 17.7 Å². The number of Topliss-reactive ketones (excluding diaryl/α,β-unsaturated/α-hetero) is 1. The molecule has 0 unspecified atom stereocenters. The zero-order valence-electron chi connectivity index (χ0n) is 13.8. The maximum Gasteiger partial charge on any atom is 0.367 e. The molecule has 2 amide bonds. The molecule has 3 rings (SSSR count). The van der Waals surface area contributed by atoms with Crippen LogP contribution >= 0.6 is 0 Å². The molecule has 1 saturated heterocycles. The van der Waals surface area contributed by atoms with E-state index in [0.29, 0.717) is 0 Å². The van der Waals surface area contributed by atoms with Crippen LogP contribution in [0.3, 0.4) is 0 Å². The summed E-state index contributed by atoms with van der Waals surface area (Å²) in [6, 6.07) is 0.794. The Morgan fingerprint density at radius 3 is 2.33 bits per heavy atom. The fourth-order valence-corrected chi connectivity index (χ4v) is 2.66. The summed E-state index contributed by atoms with van der Waals surface area (Å²) >= 11 is 0. The molecular formula is C17H11F2NO7. The number of hydroxylamine groups is 2. The predicted octanol–water partition coefficient (Wildman–Crippen LogP) is 1.01. The van der Waals surface area contributed by atoms with Crippen molar-refractivity contribution in [1.29, 1.82) is 0 Å². The summed E-state index contributed by atoms with van der Waals surface area (Å²) in [4.78, 5) is 62.9. The lowest BCUT2D eigenvalue weighted by molar-refractivity contribution is -0.194. The minimum Gasteiger partial charge on any atom is -0.420 e. The van der Waals surface area contributed by atoms with Gasteiger partial charge >= 0.3 is 11.9 Å². The van der Waals surface area contributed by atoms with Crippen LogP contribution in [0.25, 0.3) is 6.08 Å². The average Bonchev–Trinajstić information content (AvgIpc) is 2.90. The van der Waals surface area contributed by atoms with E-state index in [2.05, 4.69) is 9.57 Å². The second-order valence-corrected chi connectivity index (χ2v) is 5.78. The third-order valence-electron chi connectivity index (χ3n) is 3.90. The van der Waals surface area contributed by atoms with Gasteiger partial charge in [-0.2, -0.15) is 0 Å². The molecule has 140 valence electrons. The van der Waals surface area contributed by atoms with Crippen molar-refractivity contribution in [3.63, 3.8) is 0 Å². The Balaban J connectivity index is 1.94. The first-order valence-electron chi connectivity index (χ1n) is 7.71. The lowest BCUT2D eigenvalue weighted by Gasteiger charge is -2.19. The molecule has 8 nitrogen and oxygen atoms in total. The van der Waals surface area contributed by atoms with E-state index in [1.165, 1.54) is 0 Å². The van der Waals surface area contributed by atoms with Crippen LogP contribution < -0.4 is 4.74 Å². The van der Waals surface area contributed by atoms with Gasteiger partial charge in [0.25, 0.3) is 11.8 Å². The molecule has 27 heavy (non-hydrogen) atoms. The van der Waals surface area contributed by atoms with Crippen LogP contribution in [0, 0.1) is 11.6 Å². The number of nitrogens with zero attached hydrogens (tertiary/aromatic N) is 1. The minimum atomic E-state index is -1.29. The molecule has 0 radical (unpaired) electrons. The highest BCUT2D eigenvalue weighted by Crippen LogP contribution is 2.33. The molecule has 0 bridgehead atoms. The number of hydrogen-bond donors (Lipinski definition) is 0. The molecule has 0 atom stereocenters. The van der Waals surface area contributed by atoms with E-state index in [1.807, 2.05) is 0 Å². The summed E-state index contributed by atoms with van der Waals surface area (Å²) < 4.78 is 32.9. The van der Waals surface area contributed by atoms with Gasteiger partial charge in [-0.3, -0.25) is 19.2 Å². The van der Waals surface area contributed by atoms with Crippen LogP contribution in [0.2, 0.25) is 0 Å². The van der Waals surface area contributed by atoms with E-state index in [9.17, 15) is 32.8 Å². The van der Waals surface area contributed by atoms with Crippen LogP contribution in [-0.2, 0) is 35.2 Å². The van der Waals surface area contributed by atoms with Gasteiger partial charge in [-0.15, -0.1) is 5.06 Å². The topological polar surface area (TPSA) is 107 Å². The highest BCUT2D eigenvalue weighted by Gasteiger charge is 2.36. The van der Waals surface area contributed by atoms with Crippen LogP contribution in [0.5, 0.6) is 5.75 Å². The number of carbonyl (C=O) groups excluding carboxylic acids is 5. The molecule has 1 heterocycles. The van der Waals surface area contributed by atoms with Crippen molar-refractivity contribution in [2.24, 2.45) is 0 Å². The summed E-state index contributed by atoms with van der Waals surface area (Å²) in [6.45, 7) is 0.957. The van der Waals surface area contributed by atoms with Crippen LogP contribution in [0.4, 0.5) is 8.78 Å². The second-order valence-electron chi connectivity index (χ2n) is 5.78. The van der Waals surface area contributed by atoms with Crippen molar-refractivity contribution in [3.05, 3.63) is 34.4 Å². The number of imide groups is 1. The Morgan fingerprint density at radius 2 is 1.74 bits per heavy atom. The molecule has 2 aliphatic rings. The molecule has 1 aromatic carbocycles. The van der Waals surface area contributed by atoms with Crippen molar-refractivity contribution in [3.8, 4) is 5.75 Å². The molecular weight excluding hydrogens is 368 g/mol. The first-order chi connectivity index (χ1) is 12.7. The standard InChI is InChI=1S/C17H11F2NO7/c1-7(21)26-16-11(18)5-8-4-10(12(22)6-9(8)15(16)19)17(25)27-20-13(23)2-3-14(20)24/h4-5H,2-3,6H2,1H3. The quantitative estimate of drug-likeness (QED) is 0.334. The maximum atomic E-state index is 14.4. The number of esters is 1. The van der Waals surface area contributed by atoms with Gasteiger partial charge in [-0.1, -0.05) is 0 Å². The maximum absolute atomic E-state index is 14.4. The van der Waals surface area contributed by atoms with Gasteiger partial charge in [-0.25, -0.2) is 13.6 Å². The molecule has 1 aromatic rings. The molecule has 1 aliphatic carbocycles. The summed E-state index contributed by atoms with van der Waals surface area (Å²) in [6.07, 6.45) is 0.00530. The Morgan fingerprint density at radius 1 is 1.11 bits per heavy atom. The number of ether oxygens (including phenoxy) is 1. The Hall–Kier alpha value is -3.43. The summed E-state index contributed by atoms with van der Waals surface area (Å²) in [5.41, 5.74) is -0.969. The smallest absolute Gasteiger partial charge is 0.367 e. The Labute approximate surface area is 150 Å². The lowest BCUT2D eigenvalue weighted by Crippen LogP contribution is -2.34. The number of halogens is 2. The third kappa shape index (κ3) is 3.33. The first-order valence-corrected chi connectivity index (χ1v) is 7.71. The number of benzene rings is 1. The molecule has 0 N–H and O–H groups in total. The summed E-state index contributed by atoms with van der Waals surface area (Å²) in [7, 11) is 0. The molecule has 0 aromatic heterocycles. The highest BCUT2D eigenvalue weighted by molar-refractivity contribution is 6.23. The van der Waals surface area contributed by atoms with Crippen molar-refractivity contribution >= 4 is 35.6 Å². The van der Waals surface area contributed by atoms with Gasteiger partial charge < -0.3 is 9.57 Å². The van der Waals surface area contributed by atoms with Crippen LogP contribution in [0.1, 0.15) is 30.9 Å². The number of fused-ring (bicyclic) bond motifs is 1. The van der Waals surface area contributed by atoms with E-state index < -0.39 is 58.9 Å². The monoisotopic (exact) mass is 379 g/mol. The average molecular weight is 379 g/mol. The zero-order chi connectivity index (χ0) is 19.9. The molecule has 0 spiro atoms. The molecule has 0 saturated carbocycles. The van der Waals surface area contributed by atoms with Crippen molar-refractivity contribution in [2.45, 2.75) is 26.2 Å². The number of carbonyl (C=O) groups is 5. The van der Waals surface area contributed by atoms with Crippen LogP contribution in [-0.4, -0.2) is 34.6 Å². The van der Waals surface area contributed by atoms with Gasteiger partial charge in [0, 0.05) is 31.7 Å². The fraction of sp³-hybridized carbons (Fsp3) is 0.235. The van der Waals surface area contributed by atoms with E-state index in [-0.39, 0.29) is 29.0 Å². The van der Waals surface area contributed by atoms with Crippen LogP contribution in [0.15, 0.2) is 11.6 Å². The molecule has 10 heteroatoms. The van der Waals surface area contributed by atoms with E-state index in [1.54, 1.807) is 0 Å². The zero-order valence-corrected chi connectivity index (χ0v) is 13.8. The summed E-state index contributed by atoms with van der Waals surface area (Å²) in [5, 5.41) is 0.261. The number of amides is 2. The van der Waals surface area contributed by atoms with Gasteiger partial charge in [0.1, 0.15) is 5.57 Å². The van der Waals surface area contributed by atoms with Gasteiger partial charge in [0.15, 0.2) is 17.4 Å². The molecule has 1 fully saturated rings. The summed E-state index contributed by atoms with van der Waals surface area (Å²) in [5.74, 6) is -7.96. The molecule has 1 aliphatic heterocycles. The number of rotatable bonds is 3. The number of ketones is 1. The van der Waals surface area contributed by atoms with E-state index in [0.717, 1.165) is 19.1 Å². The van der Waals surface area contributed by atoms with Gasteiger partial charge in [0.05, 0.1) is 0 Å². The largest absolute Gasteiger partial charge is 0.420 e. The van der Waals surface area contributed by atoms with Gasteiger partial charge in [0.2, 0.25) is 5.75 Å². The fourth-order valence-electron chi connectivity index (χ4n) is 2.66. The SMILES string of the molecule is CC(=O)Oc1c(F)cc2c(c1F)CC(=O)C(C(=O)ON1C(=O)CCC1=O)=C2. The van der Waals surface area contributed by atoms with E-state index >= 15 is 0 Å². The normalized spacial score (nSPS) is 16.2.